The van der Waals surface area contributed by atoms with Gasteiger partial charge in [-0.25, -0.2) is 4.68 Å². The fourth-order valence-electron chi connectivity index (χ4n) is 6.33. The first-order valence-corrected chi connectivity index (χ1v) is 13.4. The van der Waals surface area contributed by atoms with Crippen LogP contribution in [0.15, 0.2) is 48.6 Å². The number of rotatable bonds is 5. The molecule has 37 heavy (non-hydrogen) atoms. The number of fused-ring (bicyclic) bond motifs is 3. The molecule has 5 atom stereocenters. The number of thioether (sulfide) groups is 1. The van der Waals surface area contributed by atoms with Crippen LogP contribution in [0.4, 0.5) is 0 Å². The van der Waals surface area contributed by atoms with Gasteiger partial charge in [0.25, 0.3) is 0 Å². The number of benzene rings is 1. The molecule has 4 aliphatic heterocycles. The molecule has 194 valence electrons. The minimum absolute atomic E-state index is 0.105. The Hall–Kier alpha value is -3.18. The van der Waals surface area contributed by atoms with Crippen molar-refractivity contribution in [3.05, 3.63) is 48.6 Å². The summed E-state index contributed by atoms with van der Waals surface area (Å²) < 4.78 is 5.60. The average molecular weight is 524 g/mol. The summed E-state index contributed by atoms with van der Waals surface area (Å²) in [6.45, 7) is 2.87. The summed E-state index contributed by atoms with van der Waals surface area (Å²) in [6, 6.07) is 6.73. The Morgan fingerprint density at radius 2 is 1.97 bits per heavy atom. The summed E-state index contributed by atoms with van der Waals surface area (Å²) in [5.74, 6) is -2.30. The van der Waals surface area contributed by atoms with Crippen molar-refractivity contribution in [2.45, 2.75) is 42.0 Å². The van der Waals surface area contributed by atoms with Crippen LogP contribution in [0.2, 0.25) is 0 Å². The zero-order chi connectivity index (χ0) is 25.8. The first kappa shape index (κ1) is 24.2. The van der Waals surface area contributed by atoms with E-state index in [1.165, 1.54) is 11.8 Å². The van der Waals surface area contributed by atoms with Gasteiger partial charge in [0.1, 0.15) is 18.2 Å². The molecule has 10 nitrogen and oxygen atoms in total. The summed E-state index contributed by atoms with van der Waals surface area (Å²) in [6.07, 6.45) is 8.86. The van der Waals surface area contributed by atoms with Gasteiger partial charge in [0, 0.05) is 24.4 Å². The number of esters is 1. The van der Waals surface area contributed by atoms with Crippen molar-refractivity contribution in [1.29, 1.82) is 0 Å². The number of carbonyl (C=O) groups excluding carboxylic acids is 3. The van der Waals surface area contributed by atoms with E-state index in [0.717, 1.165) is 11.0 Å². The van der Waals surface area contributed by atoms with E-state index in [-0.39, 0.29) is 38.2 Å². The molecular formula is C26H29N5O5S. The van der Waals surface area contributed by atoms with Crippen LogP contribution >= 0.6 is 11.8 Å². The number of aliphatic hydroxyl groups excluding tert-OH is 1. The van der Waals surface area contributed by atoms with Crippen LogP contribution in [0.25, 0.3) is 11.0 Å². The molecule has 2 amide bonds. The van der Waals surface area contributed by atoms with Gasteiger partial charge in [-0.3, -0.25) is 14.4 Å². The SMILES string of the molecule is C[C@]12C=CCCOC(=O)[C@H]1[C@H]1C(=O)N(CCCO)C3C(=O)N(Cn4nnc5ccccc54)CC=C[C@@]31S2. The van der Waals surface area contributed by atoms with Crippen LogP contribution < -0.4 is 0 Å². The molecule has 11 heteroatoms. The second kappa shape index (κ2) is 8.98. The summed E-state index contributed by atoms with van der Waals surface area (Å²) in [7, 11) is 0. The lowest BCUT2D eigenvalue weighted by atomic mass is 9.74. The third kappa shape index (κ3) is 3.62. The number of hydrogen-bond acceptors (Lipinski definition) is 8. The van der Waals surface area contributed by atoms with E-state index < -0.39 is 33.3 Å². The van der Waals surface area contributed by atoms with E-state index in [1.54, 1.807) is 14.5 Å². The molecule has 0 radical (unpaired) electrons. The summed E-state index contributed by atoms with van der Waals surface area (Å²) >= 11 is 1.51. The number of nitrogens with zero attached hydrogens (tertiary/aromatic N) is 5. The Morgan fingerprint density at radius 3 is 2.81 bits per heavy atom. The molecule has 6 rings (SSSR count). The molecule has 4 aliphatic rings. The number of likely N-dealkylation sites (tertiary alicyclic amines) is 1. The largest absolute Gasteiger partial charge is 0.465 e. The second-order valence-corrected chi connectivity index (χ2v) is 11.9. The van der Waals surface area contributed by atoms with Crippen molar-refractivity contribution in [3.63, 3.8) is 0 Å². The fraction of sp³-hybridized carbons (Fsp3) is 0.500. The molecule has 1 aromatic carbocycles. The van der Waals surface area contributed by atoms with Crippen molar-refractivity contribution in [3.8, 4) is 0 Å². The van der Waals surface area contributed by atoms with Gasteiger partial charge in [0.05, 0.1) is 28.7 Å². The molecule has 1 unspecified atom stereocenters. The van der Waals surface area contributed by atoms with E-state index in [0.29, 0.717) is 19.4 Å². The van der Waals surface area contributed by atoms with Crippen molar-refractivity contribution < 1.29 is 24.2 Å². The zero-order valence-electron chi connectivity index (χ0n) is 20.5. The normalized spacial score (nSPS) is 33.1. The van der Waals surface area contributed by atoms with E-state index in [1.807, 2.05) is 55.5 Å². The van der Waals surface area contributed by atoms with E-state index >= 15 is 0 Å². The molecule has 0 aliphatic carbocycles. The zero-order valence-corrected chi connectivity index (χ0v) is 21.3. The second-order valence-electron chi connectivity index (χ2n) is 10.1. The first-order valence-electron chi connectivity index (χ1n) is 12.6. The quantitative estimate of drug-likeness (QED) is 0.461. The fourth-order valence-corrected chi connectivity index (χ4v) is 8.48. The third-order valence-corrected chi connectivity index (χ3v) is 9.68. The smallest absolute Gasteiger partial charge is 0.311 e. The lowest BCUT2D eigenvalue weighted by molar-refractivity contribution is -0.154. The van der Waals surface area contributed by atoms with Crippen LogP contribution in [0.5, 0.6) is 0 Å². The molecule has 1 spiro atoms. The molecule has 1 N–H and O–H groups in total. The molecule has 5 heterocycles. The minimum Gasteiger partial charge on any atom is -0.465 e. The molecular weight excluding hydrogens is 494 g/mol. The van der Waals surface area contributed by atoms with Crippen molar-refractivity contribution in [1.82, 2.24) is 24.8 Å². The molecule has 0 bridgehead atoms. The highest BCUT2D eigenvalue weighted by atomic mass is 32.2. The topological polar surface area (TPSA) is 118 Å². The highest BCUT2D eigenvalue weighted by Crippen LogP contribution is 2.65. The van der Waals surface area contributed by atoms with Crippen molar-refractivity contribution >= 4 is 40.6 Å². The number of para-hydroxylation sites is 1. The Kier molecular flexibility index (Phi) is 5.87. The van der Waals surface area contributed by atoms with Gasteiger partial charge in [-0.2, -0.15) is 0 Å². The molecule has 2 saturated heterocycles. The van der Waals surface area contributed by atoms with Gasteiger partial charge in [-0.1, -0.05) is 41.7 Å². The van der Waals surface area contributed by atoms with Crippen molar-refractivity contribution in [2.75, 3.05) is 26.3 Å². The van der Waals surface area contributed by atoms with Gasteiger partial charge in [0.2, 0.25) is 11.8 Å². The number of hydrogen-bond donors (Lipinski definition) is 1. The third-order valence-electron chi connectivity index (χ3n) is 7.89. The van der Waals surface area contributed by atoms with Gasteiger partial charge < -0.3 is 19.6 Å². The predicted molar refractivity (Wildman–Crippen MR) is 136 cm³/mol. The average Bonchev–Trinajstić information content (AvgIpc) is 3.43. The number of ether oxygens (including phenoxy) is 1. The van der Waals surface area contributed by atoms with Gasteiger partial charge in [-0.15, -0.1) is 16.9 Å². The number of aromatic nitrogens is 3. The number of cyclic esters (lactones) is 1. The van der Waals surface area contributed by atoms with Gasteiger partial charge >= 0.3 is 5.97 Å². The molecule has 2 fully saturated rings. The number of carbonyl (C=O) groups is 3. The van der Waals surface area contributed by atoms with Crippen LogP contribution in [-0.2, 0) is 25.8 Å². The van der Waals surface area contributed by atoms with Crippen LogP contribution in [0.1, 0.15) is 19.8 Å². The molecule has 2 aromatic rings. The lowest BCUT2D eigenvalue weighted by Gasteiger charge is -2.37. The Morgan fingerprint density at radius 1 is 1.14 bits per heavy atom. The van der Waals surface area contributed by atoms with Crippen LogP contribution in [0.3, 0.4) is 0 Å². The molecule has 1 aromatic heterocycles. The summed E-state index contributed by atoms with van der Waals surface area (Å²) in [4.78, 5) is 44.8. The summed E-state index contributed by atoms with van der Waals surface area (Å²) in [5.41, 5.74) is 1.54. The Balaban J connectivity index is 1.42. The van der Waals surface area contributed by atoms with Gasteiger partial charge in [-0.05, 0) is 31.9 Å². The maximum Gasteiger partial charge on any atom is 0.311 e. The van der Waals surface area contributed by atoms with Crippen molar-refractivity contribution in [2.24, 2.45) is 11.8 Å². The van der Waals surface area contributed by atoms with Crippen LogP contribution in [-0.4, -0.2) is 89.5 Å². The van der Waals surface area contributed by atoms with Crippen LogP contribution in [0, 0.1) is 11.8 Å². The Labute approximate surface area is 218 Å². The predicted octanol–water partition coefficient (Wildman–Crippen LogP) is 1.36. The maximum absolute atomic E-state index is 14.3. The number of aliphatic hydroxyl groups is 1. The van der Waals surface area contributed by atoms with E-state index in [9.17, 15) is 19.5 Å². The van der Waals surface area contributed by atoms with Gasteiger partial charge in [0.15, 0.2) is 0 Å². The number of amides is 2. The van der Waals surface area contributed by atoms with E-state index in [4.69, 9.17) is 4.74 Å². The summed E-state index contributed by atoms with van der Waals surface area (Å²) in [5, 5.41) is 18.0. The van der Waals surface area contributed by atoms with E-state index in [2.05, 4.69) is 10.3 Å². The molecule has 0 saturated carbocycles. The first-order chi connectivity index (χ1) is 17.9. The highest BCUT2D eigenvalue weighted by molar-refractivity contribution is 8.02. The highest BCUT2D eigenvalue weighted by Gasteiger charge is 2.73. The standard InChI is InChI=1S/C26H29N5O5S/c1-25-10-4-5-15-36-24(35)20(25)19-22(33)30(13-7-14-32)21-23(34)29(12-6-11-26(19,21)37-25)16-31-18-9-3-2-8-17(18)27-28-31/h2-4,6,8-11,19-21,32H,5,7,12-16H2,1H3/t19-,20+,21?,25-,26-/m0/s1. The minimum atomic E-state index is -0.935. The monoisotopic (exact) mass is 523 g/mol. The maximum atomic E-state index is 14.3. The Bertz CT molecular complexity index is 1330. The lowest BCUT2D eigenvalue weighted by Crippen LogP contribution is -2.53.